The first kappa shape index (κ1) is 72.9. The van der Waals surface area contributed by atoms with E-state index in [1.165, 1.54) is 5.28 Å². The molecule has 0 unspecified atom stereocenters. The van der Waals surface area contributed by atoms with Crippen molar-refractivity contribution in [3.8, 4) is 0 Å². The molecule has 0 aromatic carbocycles. The molecule has 9 rings (SSSR count). The summed E-state index contributed by atoms with van der Waals surface area (Å²) >= 11 is 0. The Morgan fingerprint density at radius 3 is 1.16 bits per heavy atom. The van der Waals surface area contributed by atoms with Gasteiger partial charge in [0.05, 0.1) is 18.3 Å². The fourth-order valence-corrected chi connectivity index (χ4v) is 18.0. The average molecular weight is 1310 g/mol. The van der Waals surface area contributed by atoms with Crippen LogP contribution in [0, 0.1) is 0 Å². The molecular formula is C69H128N18O6. The fraction of sp³-hybridized carbons (Fsp3) is 0.870. The quantitative estimate of drug-likeness (QED) is 0.0511. The van der Waals surface area contributed by atoms with Gasteiger partial charge in [0, 0.05) is 155 Å². The third-order valence-electron chi connectivity index (χ3n) is 18.7. The summed E-state index contributed by atoms with van der Waals surface area (Å²) in [4.78, 5) is 28.1. The maximum Gasteiger partial charge on any atom is 0.239 e. The summed E-state index contributed by atoms with van der Waals surface area (Å²) in [6.45, 7) is 56.2. The summed E-state index contributed by atoms with van der Waals surface area (Å²) in [6, 6.07) is 0. The smallest absolute Gasteiger partial charge is 0.239 e. The molecule has 530 valence electrons. The van der Waals surface area contributed by atoms with Gasteiger partial charge in [0.15, 0.2) is 0 Å². The Kier molecular flexibility index (Phi) is 21.0. The molecule has 6 fully saturated rings. The lowest BCUT2D eigenvalue weighted by atomic mass is 9.81. The van der Waals surface area contributed by atoms with Crippen molar-refractivity contribution >= 4 is 17.6 Å². The van der Waals surface area contributed by atoms with Crippen LogP contribution in [0.15, 0.2) is 50.9 Å². The van der Waals surface area contributed by atoms with Gasteiger partial charge in [-0.1, -0.05) is 20.8 Å². The number of hydrazine groups is 4. The highest BCUT2D eigenvalue weighted by Gasteiger charge is 2.46. The second-order valence-electron chi connectivity index (χ2n) is 36.9. The highest BCUT2D eigenvalue weighted by atomic mass is 16.8. The van der Waals surface area contributed by atoms with Gasteiger partial charge in [0.2, 0.25) is 17.7 Å². The molecule has 24 nitrogen and oxygen atoms in total. The Labute approximate surface area is 560 Å². The van der Waals surface area contributed by atoms with Crippen LogP contribution in [0.4, 0.5) is 0 Å². The zero-order chi connectivity index (χ0) is 68.2. The van der Waals surface area contributed by atoms with E-state index < -0.39 is 0 Å². The standard InChI is InChI=1S/C69H128N18O6/c1-58(2)34-46(35-59(3,4)78-58)88-55-31-52(72-85(75-55)91-49-40-64(13,14)81-65(15,16)41-49)70-27-25-29-84(54-33-57(90-48-38-62(9,10)80-63(11,12)39-48)77-87(74-54)93-51-44-68(21,22)83-69(23,24)45-51)30-26-28-71-53-32-56(89-47-36-60(5,6)79-61(7,8)37-47)76-86(73-53)92-50-42-66(17,18)82-67(19,20)43-50/h31-33,46-51,70,72,74,76,78-83H,25-30,34-45H2,1-24H3,(H,71,73). The normalized spacial score (nSPS) is 28.8. The number of hydrazone groups is 2. The highest BCUT2D eigenvalue weighted by molar-refractivity contribution is 5.93. The molecule has 0 aromatic heterocycles. The van der Waals surface area contributed by atoms with Crippen LogP contribution in [0.5, 0.6) is 0 Å². The van der Waals surface area contributed by atoms with Crippen molar-refractivity contribution in [1.29, 1.82) is 0 Å². The molecule has 0 saturated carbocycles. The molecule has 0 bridgehead atoms. The number of amidine groups is 1. The molecular weight excluding hydrogens is 1180 g/mol. The highest BCUT2D eigenvalue weighted by Crippen LogP contribution is 2.38. The summed E-state index contributed by atoms with van der Waals surface area (Å²) in [6.07, 6.45) is 16.9. The van der Waals surface area contributed by atoms with Crippen LogP contribution in [0.25, 0.3) is 0 Å². The Morgan fingerprint density at radius 1 is 0.409 bits per heavy atom. The largest absolute Gasteiger partial charge is 0.475 e. The van der Waals surface area contributed by atoms with Crippen LogP contribution in [-0.2, 0) is 28.7 Å². The van der Waals surface area contributed by atoms with Crippen LogP contribution in [0.3, 0.4) is 0 Å². The average Bonchev–Trinajstić information content (AvgIpc) is 0.860. The van der Waals surface area contributed by atoms with Crippen molar-refractivity contribution in [2.45, 2.75) is 359 Å². The van der Waals surface area contributed by atoms with E-state index in [1.807, 2.05) is 18.2 Å². The van der Waals surface area contributed by atoms with Crippen LogP contribution in [0.2, 0.25) is 0 Å². The first-order chi connectivity index (χ1) is 42.6. The van der Waals surface area contributed by atoms with Crippen LogP contribution in [-0.4, -0.2) is 168 Å². The lowest BCUT2D eigenvalue weighted by Gasteiger charge is -2.47. The Hall–Kier alpha value is -4.37. The van der Waals surface area contributed by atoms with Gasteiger partial charge in [0.25, 0.3) is 0 Å². The molecule has 9 heterocycles. The SMILES string of the molecule is CC1(C)CC(OC2=CC(=NCCCN(CCCNC3=CC(OC4CC(C)(C)NC(C)(C)C4)=NN(OC4CC(C)(C)NC(C)(C)C4)N3)C3=CC(OC4CC(C)(C)NC(C)(C)C4)=NN(OC4CC(C)(C)NC(C)(C)C4)N3)NN(OC3CC(C)(C)NC(C)(C)C3)N2)CC(C)(C)N1. The molecule has 0 atom stereocenters. The van der Waals surface area contributed by atoms with Crippen molar-refractivity contribution < 1.29 is 28.7 Å². The van der Waals surface area contributed by atoms with E-state index in [1.54, 1.807) is 10.6 Å². The van der Waals surface area contributed by atoms with Gasteiger partial charge in [-0.3, -0.25) is 15.3 Å². The first-order valence-electron chi connectivity index (χ1n) is 35.2. The molecule has 0 radical (unpaired) electrons. The minimum atomic E-state index is -0.152. The topological polar surface area (TPSA) is 238 Å². The van der Waals surface area contributed by atoms with Gasteiger partial charge in [-0.15, -0.1) is 0 Å². The van der Waals surface area contributed by atoms with Crippen molar-refractivity contribution in [3.63, 3.8) is 0 Å². The second kappa shape index (κ2) is 26.8. The first-order valence-corrected chi connectivity index (χ1v) is 35.2. The predicted octanol–water partition coefficient (Wildman–Crippen LogP) is 8.87. The second-order valence-corrected chi connectivity index (χ2v) is 36.9. The molecule has 24 heteroatoms. The Bertz CT molecular complexity index is 2700. The van der Waals surface area contributed by atoms with Crippen molar-refractivity contribution in [1.82, 2.24) is 79.7 Å². The molecule has 9 aliphatic rings. The monoisotopic (exact) mass is 1310 g/mol. The number of ether oxygens (including phenoxy) is 3. The summed E-state index contributed by atoms with van der Waals surface area (Å²) in [5, 5.41) is 41.3. The molecule has 0 amide bonds. The minimum Gasteiger partial charge on any atom is -0.475 e. The van der Waals surface area contributed by atoms with Crippen LogP contribution in [0.1, 0.15) is 256 Å². The van der Waals surface area contributed by atoms with Gasteiger partial charge in [0.1, 0.15) is 35.8 Å². The summed E-state index contributed by atoms with van der Waals surface area (Å²) < 4.78 is 20.8. The molecule has 6 saturated heterocycles. The van der Waals surface area contributed by atoms with E-state index in [0.717, 1.165) is 95.1 Å². The number of aliphatic imine (C=N–C) groups is 1. The Morgan fingerprint density at radius 2 is 0.753 bits per heavy atom. The summed E-state index contributed by atoms with van der Waals surface area (Å²) in [5.74, 6) is 3.80. The van der Waals surface area contributed by atoms with E-state index in [9.17, 15) is 0 Å². The van der Waals surface area contributed by atoms with Crippen molar-refractivity contribution in [2.75, 3.05) is 26.2 Å². The maximum absolute atomic E-state index is 7.02. The van der Waals surface area contributed by atoms with Gasteiger partial charge in [-0.2, -0.15) is 0 Å². The van der Waals surface area contributed by atoms with E-state index in [2.05, 4.69) is 230 Å². The number of nitrogens with one attached hydrogen (secondary N) is 11. The lowest BCUT2D eigenvalue weighted by molar-refractivity contribution is -0.266. The summed E-state index contributed by atoms with van der Waals surface area (Å²) in [5.41, 5.74) is 12.5. The number of piperidine rings is 6. The van der Waals surface area contributed by atoms with Crippen LogP contribution < -0.4 is 58.9 Å². The van der Waals surface area contributed by atoms with Gasteiger partial charge in [-0.25, -0.2) is 26.0 Å². The Balaban J connectivity index is 0.976. The number of hydrogen-bond donors (Lipinski definition) is 11. The zero-order valence-corrected chi connectivity index (χ0v) is 62.0. The van der Waals surface area contributed by atoms with E-state index >= 15 is 0 Å². The third-order valence-corrected chi connectivity index (χ3v) is 18.7. The molecule has 11 N–H and O–H groups in total. The predicted molar refractivity (Wildman–Crippen MR) is 371 cm³/mol. The van der Waals surface area contributed by atoms with E-state index in [4.69, 9.17) is 43.9 Å². The molecule has 9 aliphatic heterocycles. The number of hydrogen-bond acceptors (Lipinski definition) is 23. The summed E-state index contributed by atoms with van der Waals surface area (Å²) in [7, 11) is 0. The fourth-order valence-electron chi connectivity index (χ4n) is 18.0. The third kappa shape index (κ3) is 22.3. The van der Waals surface area contributed by atoms with Gasteiger partial charge in [-0.05, 0) is 218 Å². The van der Waals surface area contributed by atoms with E-state index in [0.29, 0.717) is 56.1 Å². The van der Waals surface area contributed by atoms with Gasteiger partial charge < -0.3 is 56.3 Å². The number of rotatable bonds is 20. The van der Waals surface area contributed by atoms with Crippen molar-refractivity contribution in [2.24, 2.45) is 15.2 Å². The van der Waals surface area contributed by atoms with E-state index in [-0.39, 0.29) is 103 Å². The van der Waals surface area contributed by atoms with Gasteiger partial charge >= 0.3 is 0 Å². The zero-order valence-electron chi connectivity index (χ0n) is 62.0. The molecule has 0 spiro atoms. The molecule has 93 heavy (non-hydrogen) atoms. The molecule has 0 aliphatic carbocycles. The minimum absolute atomic E-state index is 0.0334. The van der Waals surface area contributed by atoms with Crippen LogP contribution >= 0.6 is 0 Å². The van der Waals surface area contributed by atoms with Crippen molar-refractivity contribution in [3.05, 3.63) is 35.8 Å². The number of nitrogens with zero attached hydrogens (tertiary/aromatic N) is 7. The molecule has 0 aromatic rings. The maximum atomic E-state index is 7.02. The lowest BCUT2D eigenvalue weighted by Crippen LogP contribution is -2.63.